The zero-order valence-electron chi connectivity index (χ0n) is 16.9. The third-order valence-corrected chi connectivity index (χ3v) is 7.36. The number of methoxy groups -OCH3 is 1. The summed E-state index contributed by atoms with van der Waals surface area (Å²) in [6.45, 7) is 3.50. The van der Waals surface area contributed by atoms with E-state index in [2.05, 4.69) is 41.4 Å². The summed E-state index contributed by atoms with van der Waals surface area (Å²) in [5.41, 5.74) is 2.64. The SMILES string of the molecule is COc1cnc(Br)cc1-c1cc(C)ncc1C(=O)Nc1nnc(SC[C@H]2CCOC2)s1. The summed E-state index contributed by atoms with van der Waals surface area (Å²) in [5, 5.41) is 11.6. The number of rotatable bonds is 7. The molecule has 0 aromatic carbocycles. The molecule has 0 bridgehead atoms. The van der Waals surface area contributed by atoms with E-state index < -0.39 is 0 Å². The molecule has 0 unspecified atom stereocenters. The fourth-order valence-corrected chi connectivity index (χ4v) is 5.36. The van der Waals surface area contributed by atoms with Gasteiger partial charge in [0.05, 0.1) is 25.5 Å². The molecule has 31 heavy (non-hydrogen) atoms. The quantitative estimate of drug-likeness (QED) is 0.276. The molecule has 1 atom stereocenters. The average Bonchev–Trinajstić information content (AvgIpc) is 3.44. The van der Waals surface area contributed by atoms with Crippen LogP contribution in [0.25, 0.3) is 11.1 Å². The summed E-state index contributed by atoms with van der Waals surface area (Å²) in [5.74, 6) is 1.73. The van der Waals surface area contributed by atoms with Crippen LogP contribution in [-0.4, -0.2) is 52.1 Å². The first-order valence-electron chi connectivity index (χ1n) is 9.55. The minimum atomic E-state index is -0.311. The van der Waals surface area contributed by atoms with Crippen LogP contribution in [0, 0.1) is 12.8 Å². The van der Waals surface area contributed by atoms with Crippen LogP contribution in [-0.2, 0) is 4.74 Å². The Hall–Kier alpha value is -2.08. The number of pyridine rings is 2. The number of carbonyl (C=O) groups excluding carboxylic acids is 1. The van der Waals surface area contributed by atoms with Gasteiger partial charge in [-0.15, -0.1) is 10.2 Å². The highest BCUT2D eigenvalue weighted by Crippen LogP contribution is 2.35. The zero-order valence-corrected chi connectivity index (χ0v) is 20.1. The normalized spacial score (nSPS) is 15.8. The van der Waals surface area contributed by atoms with Crippen LogP contribution >= 0.6 is 39.0 Å². The lowest BCUT2D eigenvalue weighted by Crippen LogP contribution is -2.14. The second kappa shape index (κ2) is 10.0. The maximum atomic E-state index is 13.1. The van der Waals surface area contributed by atoms with Crippen LogP contribution in [0.3, 0.4) is 0 Å². The molecular formula is C20H20BrN5O3S2. The molecule has 3 aromatic rings. The van der Waals surface area contributed by atoms with E-state index in [1.165, 1.54) is 11.3 Å². The number of anilines is 1. The number of nitrogens with zero attached hydrogens (tertiary/aromatic N) is 4. The number of thioether (sulfide) groups is 1. The maximum absolute atomic E-state index is 13.1. The highest BCUT2D eigenvalue weighted by Gasteiger charge is 2.20. The summed E-state index contributed by atoms with van der Waals surface area (Å²) in [4.78, 5) is 21.6. The first-order chi connectivity index (χ1) is 15.0. The number of aromatic nitrogens is 4. The molecule has 162 valence electrons. The van der Waals surface area contributed by atoms with Crippen molar-refractivity contribution in [2.45, 2.75) is 17.7 Å². The van der Waals surface area contributed by atoms with Crippen LogP contribution in [0.1, 0.15) is 22.5 Å². The van der Waals surface area contributed by atoms with Crippen LogP contribution < -0.4 is 10.1 Å². The van der Waals surface area contributed by atoms with Crippen LogP contribution in [0.5, 0.6) is 5.75 Å². The smallest absolute Gasteiger partial charge is 0.259 e. The van der Waals surface area contributed by atoms with Crippen molar-refractivity contribution in [1.82, 2.24) is 20.2 Å². The van der Waals surface area contributed by atoms with Crippen LogP contribution in [0.2, 0.25) is 0 Å². The van der Waals surface area contributed by atoms with Gasteiger partial charge < -0.3 is 9.47 Å². The molecule has 1 aliphatic rings. The van der Waals surface area contributed by atoms with Crippen molar-refractivity contribution in [2.75, 3.05) is 31.4 Å². The Labute approximate surface area is 196 Å². The van der Waals surface area contributed by atoms with Gasteiger partial charge in [-0.1, -0.05) is 23.1 Å². The van der Waals surface area contributed by atoms with E-state index >= 15 is 0 Å². The van der Waals surface area contributed by atoms with E-state index in [1.54, 1.807) is 31.3 Å². The number of ether oxygens (including phenoxy) is 2. The Morgan fingerprint density at radius 1 is 1.32 bits per heavy atom. The third-order valence-electron chi connectivity index (χ3n) is 4.72. The lowest BCUT2D eigenvalue weighted by atomic mass is 10.0. The minimum Gasteiger partial charge on any atom is -0.494 e. The van der Waals surface area contributed by atoms with Crippen molar-refractivity contribution >= 4 is 50.1 Å². The van der Waals surface area contributed by atoms with Crippen molar-refractivity contribution in [3.63, 3.8) is 0 Å². The van der Waals surface area contributed by atoms with Crippen molar-refractivity contribution in [3.05, 3.63) is 40.4 Å². The lowest BCUT2D eigenvalue weighted by Gasteiger charge is -2.13. The highest BCUT2D eigenvalue weighted by atomic mass is 79.9. The Balaban J connectivity index is 1.54. The molecule has 0 spiro atoms. The van der Waals surface area contributed by atoms with Crippen LogP contribution in [0.15, 0.2) is 33.5 Å². The molecule has 0 aliphatic carbocycles. The standard InChI is InChI=1S/C20H20BrN5O3S2/c1-11-5-13(14-6-17(21)23-8-16(14)28-2)15(7-22-11)18(27)24-19-25-26-20(31-19)30-10-12-3-4-29-9-12/h5-8,12H,3-4,9-10H2,1-2H3,(H,24,25,27)/t12-/m0/s1. The van der Waals surface area contributed by atoms with Gasteiger partial charge in [-0.2, -0.15) is 0 Å². The van der Waals surface area contributed by atoms with Crippen LogP contribution in [0.4, 0.5) is 5.13 Å². The molecule has 11 heteroatoms. The summed E-state index contributed by atoms with van der Waals surface area (Å²) in [7, 11) is 1.57. The van der Waals surface area contributed by atoms with Crippen molar-refractivity contribution < 1.29 is 14.3 Å². The molecule has 1 aliphatic heterocycles. The number of hydrogen-bond donors (Lipinski definition) is 1. The maximum Gasteiger partial charge on any atom is 0.259 e. The van der Waals surface area contributed by atoms with Crippen molar-refractivity contribution in [3.8, 4) is 16.9 Å². The van der Waals surface area contributed by atoms with Gasteiger partial charge in [0.2, 0.25) is 5.13 Å². The number of nitrogens with one attached hydrogen (secondary N) is 1. The monoisotopic (exact) mass is 521 g/mol. The Kier molecular flexibility index (Phi) is 7.16. The van der Waals surface area contributed by atoms with E-state index in [-0.39, 0.29) is 5.91 Å². The number of hydrogen-bond acceptors (Lipinski definition) is 9. The second-order valence-corrected chi connectivity index (χ2v) is 10.0. The lowest BCUT2D eigenvalue weighted by molar-refractivity contribution is 0.102. The first-order valence-corrected chi connectivity index (χ1v) is 12.1. The molecule has 4 rings (SSSR count). The number of aryl methyl sites for hydroxylation is 1. The minimum absolute atomic E-state index is 0.311. The molecule has 1 N–H and O–H groups in total. The molecule has 0 radical (unpaired) electrons. The van der Waals surface area contributed by atoms with Gasteiger partial charge in [0.15, 0.2) is 4.34 Å². The zero-order chi connectivity index (χ0) is 21.8. The molecule has 3 aromatic heterocycles. The van der Waals surface area contributed by atoms with Crippen molar-refractivity contribution in [2.24, 2.45) is 5.92 Å². The first kappa shape index (κ1) is 22.1. The van der Waals surface area contributed by atoms with Gasteiger partial charge in [0, 0.05) is 35.4 Å². The van der Waals surface area contributed by atoms with Gasteiger partial charge >= 0.3 is 0 Å². The second-order valence-electron chi connectivity index (χ2n) is 6.95. The fourth-order valence-electron chi connectivity index (χ4n) is 3.14. The molecule has 8 nitrogen and oxygen atoms in total. The predicted molar refractivity (Wildman–Crippen MR) is 124 cm³/mol. The Morgan fingerprint density at radius 2 is 2.19 bits per heavy atom. The number of carbonyl (C=O) groups is 1. The Bertz CT molecular complexity index is 1090. The van der Waals surface area contributed by atoms with Crippen molar-refractivity contribution in [1.29, 1.82) is 0 Å². The average molecular weight is 522 g/mol. The summed E-state index contributed by atoms with van der Waals surface area (Å²) >= 11 is 6.39. The van der Waals surface area contributed by atoms with E-state index in [9.17, 15) is 4.79 Å². The highest BCUT2D eigenvalue weighted by molar-refractivity contribution is 9.10. The van der Waals surface area contributed by atoms with Gasteiger partial charge in [-0.3, -0.25) is 15.1 Å². The van der Waals surface area contributed by atoms with Gasteiger partial charge in [-0.05, 0) is 47.3 Å². The van der Waals surface area contributed by atoms with Gasteiger partial charge in [-0.25, -0.2) is 4.98 Å². The molecule has 1 amide bonds. The molecule has 1 saturated heterocycles. The fraction of sp³-hybridized carbons (Fsp3) is 0.350. The van der Waals surface area contributed by atoms with E-state index in [0.29, 0.717) is 32.5 Å². The van der Waals surface area contributed by atoms with E-state index in [1.807, 2.05) is 19.1 Å². The van der Waals surface area contributed by atoms with Gasteiger partial charge in [0.1, 0.15) is 10.4 Å². The number of halogens is 1. The molecule has 0 saturated carbocycles. The summed E-state index contributed by atoms with van der Waals surface area (Å²) in [6.07, 6.45) is 4.25. The topological polar surface area (TPSA) is 99.1 Å². The third kappa shape index (κ3) is 5.40. The summed E-state index contributed by atoms with van der Waals surface area (Å²) < 4.78 is 12.3. The molecular weight excluding hydrogens is 502 g/mol. The largest absolute Gasteiger partial charge is 0.494 e. The Morgan fingerprint density at radius 3 is 2.97 bits per heavy atom. The van der Waals surface area contributed by atoms with Gasteiger partial charge in [0.25, 0.3) is 5.91 Å². The van der Waals surface area contributed by atoms with E-state index in [4.69, 9.17) is 9.47 Å². The number of amides is 1. The molecule has 1 fully saturated rings. The summed E-state index contributed by atoms with van der Waals surface area (Å²) in [6, 6.07) is 3.67. The molecule has 4 heterocycles. The van der Waals surface area contributed by atoms with E-state index in [0.717, 1.165) is 41.0 Å². The predicted octanol–water partition coefficient (Wildman–Crippen LogP) is 4.46.